The molecule has 0 rings (SSSR count). The molecule has 1 unspecified atom stereocenters. The first-order chi connectivity index (χ1) is 41.0. The number of unbranched alkanes of at least 4 members (excludes halogenated alkanes) is 35. The van der Waals surface area contributed by atoms with Crippen LogP contribution in [-0.4, -0.2) is 37.2 Å². The van der Waals surface area contributed by atoms with E-state index in [9.17, 15) is 14.4 Å². The van der Waals surface area contributed by atoms with Gasteiger partial charge in [-0.1, -0.05) is 323 Å². The van der Waals surface area contributed by atoms with Crippen LogP contribution in [0, 0.1) is 0 Å². The predicted octanol–water partition coefficient (Wildman–Crippen LogP) is 24.6. The highest BCUT2D eigenvalue weighted by Gasteiger charge is 2.19. The zero-order chi connectivity index (χ0) is 59.9. The van der Waals surface area contributed by atoms with Gasteiger partial charge in [0.15, 0.2) is 6.10 Å². The van der Waals surface area contributed by atoms with Gasteiger partial charge in [0.05, 0.1) is 0 Å². The average molecular weight is 1150 g/mol. The van der Waals surface area contributed by atoms with Gasteiger partial charge >= 0.3 is 17.9 Å². The maximum atomic E-state index is 12.9. The van der Waals surface area contributed by atoms with E-state index in [4.69, 9.17) is 14.2 Å². The Balaban J connectivity index is 4.30. The van der Waals surface area contributed by atoms with E-state index in [0.717, 1.165) is 122 Å². The van der Waals surface area contributed by atoms with Crippen molar-refractivity contribution in [3.63, 3.8) is 0 Å². The van der Waals surface area contributed by atoms with E-state index in [1.54, 1.807) is 0 Å². The fourth-order valence-electron chi connectivity index (χ4n) is 9.99. The molecule has 0 bridgehead atoms. The van der Waals surface area contributed by atoms with Gasteiger partial charge in [0.1, 0.15) is 13.2 Å². The fourth-order valence-corrected chi connectivity index (χ4v) is 9.99. The quantitative estimate of drug-likeness (QED) is 0.0261. The van der Waals surface area contributed by atoms with E-state index in [0.29, 0.717) is 19.3 Å². The fraction of sp³-hybridized carbons (Fsp3) is 0.727. The highest BCUT2D eigenvalue weighted by Crippen LogP contribution is 2.17. The van der Waals surface area contributed by atoms with Gasteiger partial charge in [-0.2, -0.15) is 0 Å². The number of allylic oxidation sites excluding steroid dienone is 18. The molecule has 0 spiro atoms. The summed E-state index contributed by atoms with van der Waals surface area (Å²) >= 11 is 0. The Kier molecular flexibility index (Phi) is 67.2. The molecule has 0 aromatic carbocycles. The van der Waals surface area contributed by atoms with Crippen molar-refractivity contribution >= 4 is 17.9 Å². The number of carbonyl (C=O) groups is 3. The summed E-state index contributed by atoms with van der Waals surface area (Å²) in [5.74, 6) is -0.880. The Morgan fingerprint density at radius 3 is 0.759 bits per heavy atom. The molecule has 0 saturated carbocycles. The smallest absolute Gasteiger partial charge is 0.306 e. The molecule has 0 heterocycles. The van der Waals surface area contributed by atoms with Crippen molar-refractivity contribution in [1.29, 1.82) is 0 Å². The van der Waals surface area contributed by atoms with Gasteiger partial charge in [-0.15, -0.1) is 0 Å². The molecule has 1 atom stereocenters. The van der Waals surface area contributed by atoms with E-state index in [2.05, 4.69) is 130 Å². The molecule has 0 aliphatic carbocycles. The average Bonchev–Trinajstić information content (AvgIpc) is 3.49. The van der Waals surface area contributed by atoms with Crippen LogP contribution >= 0.6 is 0 Å². The molecule has 0 saturated heterocycles. The van der Waals surface area contributed by atoms with Crippen molar-refractivity contribution in [3.8, 4) is 0 Å². The number of hydrogen-bond donors (Lipinski definition) is 0. The van der Waals surface area contributed by atoms with Gasteiger partial charge in [-0.3, -0.25) is 14.4 Å². The molecule has 0 aliphatic heterocycles. The first-order valence-corrected chi connectivity index (χ1v) is 35.4. The molecule has 0 aliphatic rings. The van der Waals surface area contributed by atoms with Gasteiger partial charge in [0, 0.05) is 19.3 Å². The minimum absolute atomic E-state index is 0.0804. The molecular weight excluding hydrogens is 1020 g/mol. The van der Waals surface area contributed by atoms with Gasteiger partial charge in [-0.05, 0) is 109 Å². The number of carbonyl (C=O) groups excluding carboxylic acids is 3. The van der Waals surface area contributed by atoms with Gasteiger partial charge < -0.3 is 14.2 Å². The standard InChI is InChI=1S/C77H132O6/c1-4-7-10-13-16-19-22-25-28-30-32-33-34-35-36-37-38-39-40-41-42-43-45-46-49-52-55-58-61-64-67-70-76(79)82-73-74(72-81-75(78)69-66-63-60-57-54-51-48-27-24-21-18-15-12-9-6-3)83-77(80)71-68-65-62-59-56-53-50-47-44-31-29-26-23-20-17-14-11-8-5-2/h7,10,16-17,19-20,25-26,28-29,32-33,35-36,38-39,44,47,74H,4-6,8-9,11-15,18,21-24,27,30-31,34,37,40-43,45-46,48-73H2,1-3H3/b10-7-,19-16-,20-17-,28-25-,29-26-,33-32-,36-35-,39-38-,47-44-. The molecule has 6 heteroatoms. The van der Waals surface area contributed by atoms with E-state index in [1.165, 1.54) is 180 Å². The first kappa shape index (κ1) is 79.1. The highest BCUT2D eigenvalue weighted by molar-refractivity contribution is 5.71. The summed E-state index contributed by atoms with van der Waals surface area (Å²) in [7, 11) is 0. The third kappa shape index (κ3) is 68.7. The van der Waals surface area contributed by atoms with Crippen LogP contribution in [0.3, 0.4) is 0 Å². The predicted molar refractivity (Wildman–Crippen MR) is 362 cm³/mol. The number of ether oxygens (including phenoxy) is 3. The van der Waals surface area contributed by atoms with Crippen molar-refractivity contribution in [3.05, 3.63) is 109 Å². The lowest BCUT2D eigenvalue weighted by molar-refractivity contribution is -0.167. The first-order valence-electron chi connectivity index (χ1n) is 35.4. The van der Waals surface area contributed by atoms with E-state index >= 15 is 0 Å². The molecule has 6 nitrogen and oxygen atoms in total. The lowest BCUT2D eigenvalue weighted by Gasteiger charge is -2.18. The normalized spacial score (nSPS) is 12.8. The summed E-state index contributed by atoms with van der Waals surface area (Å²) in [4.78, 5) is 38.5. The Hall–Kier alpha value is -3.93. The van der Waals surface area contributed by atoms with Crippen LogP contribution in [0.15, 0.2) is 109 Å². The van der Waals surface area contributed by atoms with Crippen LogP contribution in [0.4, 0.5) is 0 Å². The van der Waals surface area contributed by atoms with Crippen LogP contribution < -0.4 is 0 Å². The third-order valence-corrected chi connectivity index (χ3v) is 15.3. The Bertz CT molecular complexity index is 1660. The summed E-state index contributed by atoms with van der Waals surface area (Å²) in [5.41, 5.74) is 0. The van der Waals surface area contributed by atoms with Gasteiger partial charge in [0.2, 0.25) is 0 Å². The monoisotopic (exact) mass is 1150 g/mol. The van der Waals surface area contributed by atoms with Crippen molar-refractivity contribution in [2.45, 2.75) is 348 Å². The zero-order valence-electron chi connectivity index (χ0n) is 54.7. The summed E-state index contributed by atoms with van der Waals surface area (Å²) in [6.45, 7) is 6.53. The Labute approximate surface area is 514 Å². The topological polar surface area (TPSA) is 78.9 Å². The van der Waals surface area contributed by atoms with Crippen molar-refractivity contribution in [2.75, 3.05) is 13.2 Å². The summed E-state index contributed by atoms with van der Waals surface area (Å²) in [6.07, 6.45) is 96.8. The summed E-state index contributed by atoms with van der Waals surface area (Å²) < 4.78 is 17.0. The molecular formula is C77H132O6. The lowest BCUT2D eigenvalue weighted by atomic mass is 10.0. The van der Waals surface area contributed by atoms with Crippen LogP contribution in [0.1, 0.15) is 342 Å². The zero-order valence-corrected chi connectivity index (χ0v) is 54.7. The van der Waals surface area contributed by atoms with Crippen molar-refractivity contribution < 1.29 is 28.6 Å². The van der Waals surface area contributed by atoms with Gasteiger partial charge in [-0.25, -0.2) is 0 Å². The Morgan fingerprint density at radius 2 is 0.470 bits per heavy atom. The van der Waals surface area contributed by atoms with E-state index < -0.39 is 6.10 Å². The molecule has 0 amide bonds. The lowest BCUT2D eigenvalue weighted by Crippen LogP contribution is -2.30. The second kappa shape index (κ2) is 70.6. The number of esters is 3. The second-order valence-electron chi connectivity index (χ2n) is 23.4. The third-order valence-electron chi connectivity index (χ3n) is 15.3. The molecule has 0 aromatic heterocycles. The summed E-state index contributed by atoms with van der Waals surface area (Å²) in [6, 6.07) is 0. The molecule has 0 fully saturated rings. The van der Waals surface area contributed by atoms with Crippen molar-refractivity contribution in [1.82, 2.24) is 0 Å². The van der Waals surface area contributed by atoms with E-state index in [-0.39, 0.29) is 31.1 Å². The van der Waals surface area contributed by atoms with Gasteiger partial charge in [0.25, 0.3) is 0 Å². The molecule has 0 radical (unpaired) electrons. The molecule has 0 N–H and O–H groups in total. The number of rotatable bonds is 64. The maximum absolute atomic E-state index is 12.9. The molecule has 0 aromatic rings. The maximum Gasteiger partial charge on any atom is 0.306 e. The van der Waals surface area contributed by atoms with Crippen LogP contribution in [0.5, 0.6) is 0 Å². The van der Waals surface area contributed by atoms with E-state index in [1.807, 2.05) is 0 Å². The minimum Gasteiger partial charge on any atom is -0.462 e. The largest absolute Gasteiger partial charge is 0.462 e. The highest BCUT2D eigenvalue weighted by atomic mass is 16.6. The molecule has 83 heavy (non-hydrogen) atoms. The number of hydrogen-bond acceptors (Lipinski definition) is 6. The second-order valence-corrected chi connectivity index (χ2v) is 23.4. The van der Waals surface area contributed by atoms with Crippen LogP contribution in [-0.2, 0) is 28.6 Å². The van der Waals surface area contributed by atoms with Crippen molar-refractivity contribution in [2.24, 2.45) is 0 Å². The molecule has 476 valence electrons. The SMILES string of the molecule is CC/C=C\C/C=C\C/C=C\C/C=C\C/C=C\C/C=C\CCCCCCCCCCCCCCC(=O)OCC(COC(=O)CCCCCCCCCCCCCCCCC)OC(=O)CCCCCCCC/C=C\C/C=C\C/C=C\CCCCC. The Morgan fingerprint density at radius 1 is 0.253 bits per heavy atom. The van der Waals surface area contributed by atoms with Crippen LogP contribution in [0.2, 0.25) is 0 Å². The van der Waals surface area contributed by atoms with Crippen LogP contribution in [0.25, 0.3) is 0 Å². The summed E-state index contributed by atoms with van der Waals surface area (Å²) in [5, 5.41) is 0. The minimum atomic E-state index is -0.787.